The highest BCUT2D eigenvalue weighted by Gasteiger charge is 2.34. The number of benzene rings is 1. The summed E-state index contributed by atoms with van der Waals surface area (Å²) in [4.78, 5) is 18.6. The highest BCUT2D eigenvalue weighted by molar-refractivity contribution is 7.91. The number of rotatable bonds is 5. The van der Waals surface area contributed by atoms with Gasteiger partial charge in [-0.1, -0.05) is 6.07 Å². The molecule has 1 fully saturated rings. The van der Waals surface area contributed by atoms with Gasteiger partial charge in [0.15, 0.2) is 9.84 Å². The minimum absolute atomic E-state index is 0.0128. The molecule has 2 aromatic rings. The zero-order valence-electron chi connectivity index (χ0n) is 14.7. The van der Waals surface area contributed by atoms with E-state index in [0.29, 0.717) is 30.0 Å². The Morgan fingerprint density at radius 3 is 2.81 bits per heavy atom. The molecule has 0 spiro atoms. The molecule has 0 N–H and O–H groups in total. The van der Waals surface area contributed by atoms with Crippen molar-refractivity contribution in [1.82, 2.24) is 9.88 Å². The highest BCUT2D eigenvalue weighted by Crippen LogP contribution is 2.24. The predicted molar refractivity (Wildman–Crippen MR) is 94.8 cm³/mol. The summed E-state index contributed by atoms with van der Waals surface area (Å²) in [5.41, 5.74) is 0.981. The van der Waals surface area contributed by atoms with E-state index in [1.165, 1.54) is 12.1 Å². The number of hydrogen-bond donors (Lipinski definition) is 0. The molecule has 6 nitrogen and oxygen atoms in total. The molecule has 1 saturated heterocycles. The summed E-state index contributed by atoms with van der Waals surface area (Å²) in [6.45, 7) is 3.97. The monoisotopic (exact) mass is 380 g/mol. The first-order valence-corrected chi connectivity index (χ1v) is 10.3. The van der Waals surface area contributed by atoms with Crippen LogP contribution >= 0.6 is 0 Å². The fraction of sp³-hybridized carbons (Fsp3) is 0.444. The van der Waals surface area contributed by atoms with Gasteiger partial charge in [-0.05, 0) is 38.5 Å². The van der Waals surface area contributed by atoms with E-state index < -0.39 is 15.7 Å². The van der Waals surface area contributed by atoms with Crippen LogP contribution in [0.2, 0.25) is 0 Å². The molecule has 140 valence electrons. The number of aromatic nitrogens is 1. The molecule has 0 bridgehead atoms. The van der Waals surface area contributed by atoms with Crippen LogP contribution in [0.25, 0.3) is 11.5 Å². The molecule has 1 aromatic carbocycles. The van der Waals surface area contributed by atoms with E-state index in [-0.39, 0.29) is 35.8 Å². The number of aryl methyl sites for hydroxylation is 1. The molecule has 1 atom stereocenters. The van der Waals surface area contributed by atoms with Gasteiger partial charge in [-0.15, -0.1) is 0 Å². The Morgan fingerprint density at radius 2 is 2.19 bits per heavy atom. The van der Waals surface area contributed by atoms with Gasteiger partial charge in [-0.25, -0.2) is 17.8 Å². The summed E-state index contributed by atoms with van der Waals surface area (Å²) in [6.07, 6.45) is 0.489. The van der Waals surface area contributed by atoms with Crippen molar-refractivity contribution in [3.63, 3.8) is 0 Å². The quantitative estimate of drug-likeness (QED) is 0.796. The molecule has 26 heavy (non-hydrogen) atoms. The van der Waals surface area contributed by atoms with Crippen molar-refractivity contribution in [1.29, 1.82) is 0 Å². The van der Waals surface area contributed by atoms with Gasteiger partial charge in [0.2, 0.25) is 11.8 Å². The largest absolute Gasteiger partial charge is 0.441 e. The molecule has 8 heteroatoms. The molecular formula is C18H21FN2O4S. The first kappa shape index (κ1) is 18.6. The lowest BCUT2D eigenvalue weighted by Crippen LogP contribution is -2.41. The minimum atomic E-state index is -3.06. The summed E-state index contributed by atoms with van der Waals surface area (Å²) < 4.78 is 42.3. The molecule has 1 aliphatic heterocycles. The molecule has 1 aliphatic rings. The van der Waals surface area contributed by atoms with Gasteiger partial charge < -0.3 is 9.32 Å². The van der Waals surface area contributed by atoms with Crippen LogP contribution in [0, 0.1) is 12.7 Å². The van der Waals surface area contributed by atoms with Crippen molar-refractivity contribution in [3.05, 3.63) is 41.5 Å². The fourth-order valence-electron chi connectivity index (χ4n) is 3.24. The third-order valence-electron chi connectivity index (χ3n) is 4.59. The minimum Gasteiger partial charge on any atom is -0.441 e. The van der Waals surface area contributed by atoms with E-state index in [1.54, 1.807) is 24.0 Å². The van der Waals surface area contributed by atoms with Gasteiger partial charge >= 0.3 is 0 Å². The summed E-state index contributed by atoms with van der Waals surface area (Å²) >= 11 is 0. The lowest BCUT2D eigenvalue weighted by atomic mass is 10.1. The third kappa shape index (κ3) is 3.95. The number of halogens is 1. The second-order valence-electron chi connectivity index (χ2n) is 6.45. The zero-order chi connectivity index (χ0) is 18.9. The van der Waals surface area contributed by atoms with Crippen LogP contribution in [-0.2, 0) is 21.1 Å². The Morgan fingerprint density at radius 1 is 1.42 bits per heavy atom. The van der Waals surface area contributed by atoms with Crippen LogP contribution in [0.3, 0.4) is 0 Å². The van der Waals surface area contributed by atoms with Gasteiger partial charge in [-0.3, -0.25) is 4.79 Å². The zero-order valence-corrected chi connectivity index (χ0v) is 15.6. The van der Waals surface area contributed by atoms with E-state index in [2.05, 4.69) is 4.98 Å². The number of carbonyl (C=O) groups is 1. The van der Waals surface area contributed by atoms with Crippen LogP contribution in [0.15, 0.2) is 28.7 Å². The van der Waals surface area contributed by atoms with Gasteiger partial charge in [0.05, 0.1) is 23.6 Å². The Kier molecular flexibility index (Phi) is 5.13. The molecule has 0 saturated carbocycles. The first-order chi connectivity index (χ1) is 12.3. The molecule has 1 unspecified atom stereocenters. The maximum absolute atomic E-state index is 13.4. The van der Waals surface area contributed by atoms with Crippen LogP contribution in [0.1, 0.15) is 24.8 Å². The normalized spacial score (nSPS) is 18.8. The molecule has 1 amide bonds. The third-order valence-corrected chi connectivity index (χ3v) is 6.34. The SMILES string of the molecule is CCN(C(=O)Cc1nc(-c2cccc(F)c2)oc1C)C1CCS(=O)(=O)C1. The van der Waals surface area contributed by atoms with Crippen molar-refractivity contribution >= 4 is 15.7 Å². The van der Waals surface area contributed by atoms with Gasteiger partial charge in [0, 0.05) is 18.2 Å². The van der Waals surface area contributed by atoms with Gasteiger partial charge in [0.25, 0.3) is 0 Å². The van der Waals surface area contributed by atoms with Crippen molar-refractivity contribution < 1.29 is 22.0 Å². The number of sulfone groups is 1. The summed E-state index contributed by atoms with van der Waals surface area (Å²) in [6, 6.07) is 5.61. The second-order valence-corrected chi connectivity index (χ2v) is 8.67. The number of amides is 1. The van der Waals surface area contributed by atoms with E-state index in [0.717, 1.165) is 0 Å². The van der Waals surface area contributed by atoms with Crippen molar-refractivity contribution in [2.24, 2.45) is 0 Å². The second kappa shape index (κ2) is 7.19. The highest BCUT2D eigenvalue weighted by atomic mass is 32.2. The van der Waals surface area contributed by atoms with E-state index in [9.17, 15) is 17.6 Å². The maximum atomic E-state index is 13.4. The Bertz CT molecular complexity index is 923. The number of oxazole rings is 1. The average molecular weight is 380 g/mol. The van der Waals surface area contributed by atoms with Crippen LogP contribution < -0.4 is 0 Å². The molecule has 0 radical (unpaired) electrons. The maximum Gasteiger partial charge on any atom is 0.228 e. The Balaban J connectivity index is 1.77. The summed E-state index contributed by atoms with van der Waals surface area (Å²) in [7, 11) is -3.06. The lowest BCUT2D eigenvalue weighted by Gasteiger charge is -2.26. The topological polar surface area (TPSA) is 80.5 Å². The van der Waals surface area contributed by atoms with Gasteiger partial charge in [0.1, 0.15) is 11.6 Å². The fourth-order valence-corrected chi connectivity index (χ4v) is 4.97. The summed E-state index contributed by atoms with van der Waals surface area (Å²) in [5, 5.41) is 0. The molecule has 1 aromatic heterocycles. The first-order valence-electron chi connectivity index (χ1n) is 8.51. The van der Waals surface area contributed by atoms with Crippen LogP contribution in [0.4, 0.5) is 4.39 Å². The van der Waals surface area contributed by atoms with E-state index in [1.807, 2.05) is 6.92 Å². The van der Waals surface area contributed by atoms with Crippen molar-refractivity contribution in [2.75, 3.05) is 18.1 Å². The van der Waals surface area contributed by atoms with Crippen LogP contribution in [-0.4, -0.2) is 48.3 Å². The number of nitrogens with zero attached hydrogens (tertiary/aromatic N) is 2. The van der Waals surface area contributed by atoms with Crippen LogP contribution in [0.5, 0.6) is 0 Å². The standard InChI is InChI=1S/C18H21FN2O4S/c1-3-21(15-7-8-26(23,24)11-15)17(22)10-16-12(2)25-18(20-16)13-5-4-6-14(19)9-13/h4-6,9,15H,3,7-8,10-11H2,1-2H3. The number of likely N-dealkylation sites (N-methyl/N-ethyl adjacent to an activating group) is 1. The molecule has 3 rings (SSSR count). The molecule has 0 aliphatic carbocycles. The molecule has 2 heterocycles. The smallest absolute Gasteiger partial charge is 0.228 e. The van der Waals surface area contributed by atoms with Gasteiger partial charge in [-0.2, -0.15) is 0 Å². The number of hydrogen-bond acceptors (Lipinski definition) is 5. The van der Waals surface area contributed by atoms with E-state index in [4.69, 9.17) is 4.42 Å². The Hall–Kier alpha value is -2.22. The predicted octanol–water partition coefficient (Wildman–Crippen LogP) is 2.37. The number of carbonyl (C=O) groups excluding carboxylic acids is 1. The average Bonchev–Trinajstić information content (AvgIpc) is 3.11. The molecular weight excluding hydrogens is 359 g/mol. The van der Waals surface area contributed by atoms with Crippen molar-refractivity contribution in [3.8, 4) is 11.5 Å². The van der Waals surface area contributed by atoms with Crippen molar-refractivity contribution in [2.45, 2.75) is 32.7 Å². The van der Waals surface area contributed by atoms with E-state index >= 15 is 0 Å². The summed E-state index contributed by atoms with van der Waals surface area (Å²) in [5.74, 6) is 0.309. The lowest BCUT2D eigenvalue weighted by molar-refractivity contribution is -0.132. The Labute approximate surface area is 151 Å².